The highest BCUT2D eigenvalue weighted by atomic mass is 35.5. The lowest BCUT2D eigenvalue weighted by Gasteiger charge is -2.35. The molecule has 0 bridgehead atoms. The number of rotatable bonds is 3. The van der Waals surface area contributed by atoms with Crippen LogP contribution >= 0.6 is 23.4 Å². The molecule has 1 aromatic carbocycles. The van der Waals surface area contributed by atoms with E-state index in [4.69, 9.17) is 11.6 Å². The molecule has 1 aliphatic carbocycles. The van der Waals surface area contributed by atoms with E-state index in [0.29, 0.717) is 35.9 Å². The summed E-state index contributed by atoms with van der Waals surface area (Å²) in [5, 5.41) is 20.3. The van der Waals surface area contributed by atoms with Crippen LogP contribution in [0.2, 0.25) is 5.02 Å². The third-order valence-corrected chi connectivity index (χ3v) is 8.06. The third kappa shape index (κ3) is 3.39. The largest absolute Gasteiger partial charge is 0.393 e. The van der Waals surface area contributed by atoms with E-state index in [-0.39, 0.29) is 28.6 Å². The molecule has 5 rings (SSSR count). The van der Waals surface area contributed by atoms with Gasteiger partial charge < -0.3 is 15.3 Å². The molecule has 0 aromatic heterocycles. The summed E-state index contributed by atoms with van der Waals surface area (Å²) in [5.41, 5.74) is 1.63. The quantitative estimate of drug-likeness (QED) is 0.587. The van der Waals surface area contributed by atoms with Gasteiger partial charge in [0.1, 0.15) is 17.4 Å². The molecule has 9 heteroatoms. The van der Waals surface area contributed by atoms with Crippen molar-refractivity contribution in [1.82, 2.24) is 15.5 Å². The molecule has 6 nitrogen and oxygen atoms in total. The number of likely N-dealkylation sites (tertiary alicyclic amines) is 1. The molecule has 152 valence electrons. The minimum absolute atomic E-state index is 0.0604. The summed E-state index contributed by atoms with van der Waals surface area (Å²) in [5.74, 6) is -0.382. The predicted molar refractivity (Wildman–Crippen MR) is 108 cm³/mol. The average Bonchev–Trinajstić information content (AvgIpc) is 3.26. The number of halogens is 2. The van der Waals surface area contributed by atoms with Crippen LogP contribution in [0.1, 0.15) is 24.8 Å². The van der Waals surface area contributed by atoms with Crippen molar-refractivity contribution in [2.75, 3.05) is 18.4 Å². The van der Waals surface area contributed by atoms with Crippen molar-refractivity contribution in [3.63, 3.8) is 0 Å². The van der Waals surface area contributed by atoms with E-state index in [1.165, 1.54) is 6.07 Å². The highest BCUT2D eigenvalue weighted by Gasteiger charge is 2.43. The van der Waals surface area contributed by atoms with E-state index in [0.717, 1.165) is 31.5 Å². The number of aliphatic hydroxyl groups excluding tert-OH is 1. The SMILES string of the molecule is O=C(C1Cc2c(ccc(F)c2Cl)N1)N1CCC2NC(NC3CC(O)C3)SC2C1. The van der Waals surface area contributed by atoms with Gasteiger partial charge >= 0.3 is 0 Å². The number of piperidine rings is 1. The minimum Gasteiger partial charge on any atom is -0.393 e. The molecule has 28 heavy (non-hydrogen) atoms. The number of amides is 1. The van der Waals surface area contributed by atoms with E-state index in [1.807, 2.05) is 16.7 Å². The van der Waals surface area contributed by atoms with Crippen molar-refractivity contribution < 1.29 is 14.3 Å². The van der Waals surface area contributed by atoms with Crippen LogP contribution in [-0.2, 0) is 11.2 Å². The molecule has 4 unspecified atom stereocenters. The fourth-order valence-electron chi connectivity index (χ4n) is 4.62. The van der Waals surface area contributed by atoms with Crippen molar-refractivity contribution in [1.29, 1.82) is 0 Å². The molecule has 3 heterocycles. The number of carbonyl (C=O) groups is 1. The van der Waals surface area contributed by atoms with Crippen LogP contribution < -0.4 is 16.0 Å². The molecular formula is C19H24ClFN4O2S. The van der Waals surface area contributed by atoms with Crippen LogP contribution in [-0.4, -0.2) is 64.0 Å². The van der Waals surface area contributed by atoms with Crippen LogP contribution in [0.3, 0.4) is 0 Å². The first-order chi connectivity index (χ1) is 13.5. The number of anilines is 1. The number of nitrogens with zero attached hydrogens (tertiary/aromatic N) is 1. The van der Waals surface area contributed by atoms with Gasteiger partial charge in [0.15, 0.2) is 0 Å². The first kappa shape index (κ1) is 18.9. The Bertz CT molecular complexity index is 793. The highest BCUT2D eigenvalue weighted by Crippen LogP contribution is 2.36. The van der Waals surface area contributed by atoms with Gasteiger partial charge in [-0.25, -0.2) is 4.39 Å². The Morgan fingerprint density at radius 3 is 3.00 bits per heavy atom. The standard InChI is InChI=1S/C19H24ClFN4O2S/c20-17-11-7-15(23-13(11)2-1-12(17)21)18(27)25-4-3-14-16(8-25)28-19(24-14)22-9-5-10(26)6-9/h1-2,9-10,14-16,19,22-24,26H,3-8H2. The molecule has 1 aromatic rings. The number of benzene rings is 1. The van der Waals surface area contributed by atoms with Crippen molar-refractivity contribution in [3.8, 4) is 0 Å². The number of aliphatic hydroxyl groups is 1. The van der Waals surface area contributed by atoms with E-state index in [1.54, 1.807) is 6.07 Å². The lowest BCUT2D eigenvalue weighted by molar-refractivity contribution is -0.132. The van der Waals surface area contributed by atoms with Gasteiger partial charge in [-0.2, -0.15) is 0 Å². The van der Waals surface area contributed by atoms with Crippen LogP contribution in [0.4, 0.5) is 10.1 Å². The van der Waals surface area contributed by atoms with Gasteiger partial charge in [0.25, 0.3) is 0 Å². The Morgan fingerprint density at radius 2 is 2.21 bits per heavy atom. The molecule has 4 atom stereocenters. The molecule has 0 radical (unpaired) electrons. The van der Waals surface area contributed by atoms with Gasteiger partial charge in [-0.05, 0) is 37.0 Å². The number of hydrogen-bond acceptors (Lipinski definition) is 6. The molecule has 3 fully saturated rings. The summed E-state index contributed by atoms with van der Waals surface area (Å²) in [6.07, 6.45) is 2.81. The van der Waals surface area contributed by atoms with Gasteiger partial charge in [-0.15, -0.1) is 11.8 Å². The van der Waals surface area contributed by atoms with E-state index < -0.39 is 5.82 Å². The monoisotopic (exact) mass is 426 g/mol. The van der Waals surface area contributed by atoms with Gasteiger partial charge in [-0.1, -0.05) is 11.6 Å². The molecule has 1 saturated carbocycles. The minimum atomic E-state index is -0.443. The Hall–Kier alpha value is -1.06. The fraction of sp³-hybridized carbons (Fsp3) is 0.632. The lowest BCUT2D eigenvalue weighted by Crippen LogP contribution is -2.54. The van der Waals surface area contributed by atoms with Gasteiger partial charge in [0, 0.05) is 42.5 Å². The summed E-state index contributed by atoms with van der Waals surface area (Å²) in [7, 11) is 0. The van der Waals surface area contributed by atoms with Crippen molar-refractivity contribution in [2.45, 2.75) is 60.7 Å². The summed E-state index contributed by atoms with van der Waals surface area (Å²) in [6.45, 7) is 1.43. The predicted octanol–water partition coefficient (Wildman–Crippen LogP) is 1.52. The second-order valence-corrected chi connectivity index (χ2v) is 9.91. The second kappa shape index (κ2) is 7.32. The number of fused-ring (bicyclic) bond motifs is 2. The zero-order valence-electron chi connectivity index (χ0n) is 15.3. The Morgan fingerprint density at radius 1 is 1.39 bits per heavy atom. The van der Waals surface area contributed by atoms with Crippen molar-refractivity contribution in [2.24, 2.45) is 0 Å². The molecular weight excluding hydrogens is 403 g/mol. The maximum Gasteiger partial charge on any atom is 0.245 e. The van der Waals surface area contributed by atoms with E-state index >= 15 is 0 Å². The number of nitrogens with one attached hydrogen (secondary N) is 3. The summed E-state index contributed by atoms with van der Waals surface area (Å²) >= 11 is 7.92. The highest BCUT2D eigenvalue weighted by molar-refractivity contribution is 8.00. The summed E-state index contributed by atoms with van der Waals surface area (Å²) in [4.78, 5) is 15.0. The van der Waals surface area contributed by atoms with Crippen molar-refractivity contribution in [3.05, 3.63) is 28.5 Å². The molecule has 4 aliphatic rings. The molecule has 3 aliphatic heterocycles. The Balaban J connectivity index is 1.18. The lowest BCUT2D eigenvalue weighted by atomic mass is 9.90. The van der Waals surface area contributed by atoms with E-state index in [2.05, 4.69) is 16.0 Å². The van der Waals surface area contributed by atoms with Crippen LogP contribution in [0.25, 0.3) is 0 Å². The zero-order valence-corrected chi connectivity index (χ0v) is 16.9. The summed E-state index contributed by atoms with van der Waals surface area (Å²) < 4.78 is 13.7. The second-order valence-electron chi connectivity index (χ2n) is 8.18. The zero-order chi connectivity index (χ0) is 19.4. The smallest absolute Gasteiger partial charge is 0.245 e. The molecule has 0 spiro atoms. The number of carbonyl (C=O) groups excluding carboxylic acids is 1. The van der Waals surface area contributed by atoms with Crippen molar-refractivity contribution >= 4 is 35.0 Å². The topological polar surface area (TPSA) is 76.6 Å². The normalized spacial score (nSPS) is 36.5. The van der Waals surface area contributed by atoms with Crippen LogP contribution in [0.15, 0.2) is 12.1 Å². The average molecular weight is 427 g/mol. The molecule has 2 saturated heterocycles. The molecule has 4 N–H and O–H groups in total. The third-order valence-electron chi connectivity index (χ3n) is 6.28. The summed E-state index contributed by atoms with van der Waals surface area (Å²) in [6, 6.07) is 3.39. The number of hydrogen-bond donors (Lipinski definition) is 4. The van der Waals surface area contributed by atoms with Gasteiger partial charge in [0.05, 0.1) is 11.1 Å². The first-order valence-electron chi connectivity index (χ1n) is 9.86. The maximum absolute atomic E-state index is 13.7. The maximum atomic E-state index is 13.7. The fourth-order valence-corrected chi connectivity index (χ4v) is 6.41. The van der Waals surface area contributed by atoms with Crippen LogP contribution in [0, 0.1) is 5.82 Å². The Labute approximate surface area is 172 Å². The van der Waals surface area contributed by atoms with Gasteiger partial charge in [0.2, 0.25) is 5.91 Å². The first-order valence-corrected chi connectivity index (χ1v) is 11.2. The molecule has 1 amide bonds. The van der Waals surface area contributed by atoms with E-state index in [9.17, 15) is 14.3 Å². The number of thioether (sulfide) groups is 1. The van der Waals surface area contributed by atoms with Crippen LogP contribution in [0.5, 0.6) is 0 Å². The Kier molecular flexibility index (Phi) is 4.95. The van der Waals surface area contributed by atoms with Gasteiger partial charge in [-0.3, -0.25) is 15.4 Å².